The lowest BCUT2D eigenvalue weighted by molar-refractivity contribution is -0.141. The quantitative estimate of drug-likeness (QED) is 0.635. The van der Waals surface area contributed by atoms with Gasteiger partial charge in [0.25, 0.3) is 0 Å². The standard InChI is InChI=1S/C12H15Cl2NO2/c1-2-3-6-17-12(16)8-15-11-5-4-9(13)7-10(11)14/h4-5,7,15H,2-3,6,8H2,1H3. The normalized spacial score (nSPS) is 10.1. The first-order valence-corrected chi connectivity index (χ1v) is 6.23. The molecule has 0 aliphatic heterocycles. The predicted molar refractivity (Wildman–Crippen MR) is 70.8 cm³/mol. The summed E-state index contributed by atoms with van der Waals surface area (Å²) in [5, 5.41) is 3.95. The Balaban J connectivity index is 2.37. The fraction of sp³-hybridized carbons (Fsp3) is 0.417. The molecule has 1 aromatic rings. The number of esters is 1. The molecule has 1 aromatic carbocycles. The summed E-state index contributed by atoms with van der Waals surface area (Å²) in [5.41, 5.74) is 0.670. The third kappa shape index (κ3) is 5.29. The summed E-state index contributed by atoms with van der Waals surface area (Å²) >= 11 is 11.7. The Morgan fingerprint density at radius 1 is 1.41 bits per heavy atom. The van der Waals surface area contributed by atoms with Crippen molar-refractivity contribution < 1.29 is 9.53 Å². The van der Waals surface area contributed by atoms with E-state index in [1.165, 1.54) is 0 Å². The predicted octanol–water partition coefficient (Wildman–Crippen LogP) is 3.75. The molecule has 0 saturated heterocycles. The van der Waals surface area contributed by atoms with E-state index in [9.17, 15) is 4.79 Å². The minimum Gasteiger partial charge on any atom is -0.464 e. The molecule has 0 spiro atoms. The van der Waals surface area contributed by atoms with Gasteiger partial charge in [0.2, 0.25) is 0 Å². The van der Waals surface area contributed by atoms with E-state index in [4.69, 9.17) is 27.9 Å². The SMILES string of the molecule is CCCCOC(=O)CNc1ccc(Cl)cc1Cl. The summed E-state index contributed by atoms with van der Waals surface area (Å²) in [6.07, 6.45) is 1.89. The van der Waals surface area contributed by atoms with Gasteiger partial charge in [-0.15, -0.1) is 0 Å². The Hall–Kier alpha value is -0.930. The van der Waals surface area contributed by atoms with Crippen molar-refractivity contribution in [3.8, 4) is 0 Å². The molecule has 0 unspecified atom stereocenters. The second-order valence-electron chi connectivity index (χ2n) is 3.55. The highest BCUT2D eigenvalue weighted by Gasteiger charge is 2.05. The highest BCUT2D eigenvalue weighted by atomic mass is 35.5. The molecule has 17 heavy (non-hydrogen) atoms. The monoisotopic (exact) mass is 275 g/mol. The van der Waals surface area contributed by atoms with Crippen LogP contribution in [0.2, 0.25) is 10.0 Å². The van der Waals surface area contributed by atoms with E-state index >= 15 is 0 Å². The Labute approximate surface area is 111 Å². The lowest BCUT2D eigenvalue weighted by Crippen LogP contribution is -2.17. The number of anilines is 1. The highest BCUT2D eigenvalue weighted by molar-refractivity contribution is 6.36. The van der Waals surface area contributed by atoms with Crippen LogP contribution in [0.3, 0.4) is 0 Å². The Morgan fingerprint density at radius 2 is 2.18 bits per heavy atom. The van der Waals surface area contributed by atoms with E-state index in [0.29, 0.717) is 22.3 Å². The number of carbonyl (C=O) groups excluding carboxylic acids is 1. The third-order valence-electron chi connectivity index (χ3n) is 2.12. The van der Waals surface area contributed by atoms with Gasteiger partial charge in [-0.25, -0.2) is 0 Å². The van der Waals surface area contributed by atoms with Crippen molar-refractivity contribution in [2.75, 3.05) is 18.5 Å². The fourth-order valence-electron chi connectivity index (χ4n) is 1.18. The van der Waals surface area contributed by atoms with Gasteiger partial charge in [0.15, 0.2) is 0 Å². The van der Waals surface area contributed by atoms with E-state index in [0.717, 1.165) is 12.8 Å². The number of nitrogens with one attached hydrogen (secondary N) is 1. The van der Waals surface area contributed by atoms with Crippen LogP contribution in [0.25, 0.3) is 0 Å². The number of ether oxygens (including phenoxy) is 1. The lowest BCUT2D eigenvalue weighted by atomic mass is 10.3. The van der Waals surface area contributed by atoms with Crippen LogP contribution in [0.15, 0.2) is 18.2 Å². The van der Waals surface area contributed by atoms with E-state index < -0.39 is 0 Å². The molecular weight excluding hydrogens is 261 g/mol. The van der Waals surface area contributed by atoms with Crippen LogP contribution in [-0.2, 0) is 9.53 Å². The van der Waals surface area contributed by atoms with Crippen LogP contribution < -0.4 is 5.32 Å². The van der Waals surface area contributed by atoms with Crippen LogP contribution in [0.5, 0.6) is 0 Å². The summed E-state index contributed by atoms with van der Waals surface area (Å²) < 4.78 is 5.00. The van der Waals surface area contributed by atoms with Crippen molar-refractivity contribution in [2.24, 2.45) is 0 Å². The minimum atomic E-state index is -0.288. The largest absolute Gasteiger partial charge is 0.464 e. The fourth-order valence-corrected chi connectivity index (χ4v) is 1.66. The molecule has 3 nitrogen and oxygen atoms in total. The van der Waals surface area contributed by atoms with E-state index in [1.807, 2.05) is 6.92 Å². The molecule has 0 atom stereocenters. The number of hydrogen-bond acceptors (Lipinski definition) is 3. The number of unbranched alkanes of at least 4 members (excludes halogenated alkanes) is 1. The highest BCUT2D eigenvalue weighted by Crippen LogP contribution is 2.24. The van der Waals surface area contributed by atoms with E-state index in [1.54, 1.807) is 18.2 Å². The first kappa shape index (κ1) is 14.1. The van der Waals surface area contributed by atoms with Crippen LogP contribution >= 0.6 is 23.2 Å². The Bertz CT molecular complexity index is 383. The molecule has 0 amide bonds. The van der Waals surface area contributed by atoms with Crippen molar-refractivity contribution in [2.45, 2.75) is 19.8 Å². The molecule has 0 aliphatic rings. The van der Waals surface area contributed by atoms with Crippen LogP contribution in [0, 0.1) is 0 Å². The smallest absolute Gasteiger partial charge is 0.325 e. The molecule has 0 heterocycles. The maximum Gasteiger partial charge on any atom is 0.325 e. The molecule has 0 aromatic heterocycles. The van der Waals surface area contributed by atoms with Gasteiger partial charge >= 0.3 is 5.97 Å². The summed E-state index contributed by atoms with van der Waals surface area (Å²) in [5.74, 6) is -0.288. The average molecular weight is 276 g/mol. The van der Waals surface area contributed by atoms with Gasteiger partial charge in [0.1, 0.15) is 6.54 Å². The van der Waals surface area contributed by atoms with Crippen LogP contribution in [0.1, 0.15) is 19.8 Å². The van der Waals surface area contributed by atoms with Crippen molar-refractivity contribution in [1.82, 2.24) is 0 Å². The molecular formula is C12H15Cl2NO2. The number of halogens is 2. The van der Waals surface area contributed by atoms with E-state index in [-0.39, 0.29) is 12.5 Å². The second-order valence-corrected chi connectivity index (χ2v) is 4.40. The number of rotatable bonds is 6. The van der Waals surface area contributed by atoms with Crippen molar-refractivity contribution >= 4 is 34.9 Å². The van der Waals surface area contributed by atoms with Crippen molar-refractivity contribution in [3.63, 3.8) is 0 Å². The van der Waals surface area contributed by atoms with Crippen molar-refractivity contribution in [3.05, 3.63) is 28.2 Å². The zero-order valence-corrected chi connectivity index (χ0v) is 11.1. The summed E-state index contributed by atoms with van der Waals surface area (Å²) in [6.45, 7) is 2.61. The zero-order valence-electron chi connectivity index (χ0n) is 9.63. The second kappa shape index (κ2) is 7.41. The minimum absolute atomic E-state index is 0.102. The molecule has 0 bridgehead atoms. The maximum atomic E-state index is 11.3. The molecule has 0 radical (unpaired) electrons. The summed E-state index contributed by atoms with van der Waals surface area (Å²) in [6, 6.07) is 5.05. The molecule has 1 N–H and O–H groups in total. The molecule has 0 aliphatic carbocycles. The van der Waals surface area contributed by atoms with Gasteiger partial charge in [-0.2, -0.15) is 0 Å². The first-order chi connectivity index (χ1) is 8.13. The van der Waals surface area contributed by atoms with Gasteiger partial charge in [-0.1, -0.05) is 36.5 Å². The van der Waals surface area contributed by atoms with Gasteiger partial charge in [0, 0.05) is 5.02 Å². The number of benzene rings is 1. The molecule has 0 saturated carbocycles. The average Bonchev–Trinajstić information content (AvgIpc) is 2.28. The maximum absolute atomic E-state index is 11.3. The summed E-state index contributed by atoms with van der Waals surface area (Å²) in [4.78, 5) is 11.3. The lowest BCUT2D eigenvalue weighted by Gasteiger charge is -2.08. The van der Waals surface area contributed by atoms with Crippen molar-refractivity contribution in [1.29, 1.82) is 0 Å². The molecule has 0 fully saturated rings. The first-order valence-electron chi connectivity index (χ1n) is 5.48. The third-order valence-corrected chi connectivity index (χ3v) is 2.66. The summed E-state index contributed by atoms with van der Waals surface area (Å²) in [7, 11) is 0. The molecule has 1 rings (SSSR count). The van der Waals surface area contributed by atoms with Gasteiger partial charge in [-0.05, 0) is 24.6 Å². The Morgan fingerprint density at radius 3 is 2.82 bits per heavy atom. The molecule has 94 valence electrons. The topological polar surface area (TPSA) is 38.3 Å². The van der Waals surface area contributed by atoms with Crippen LogP contribution in [0.4, 0.5) is 5.69 Å². The van der Waals surface area contributed by atoms with Gasteiger partial charge in [-0.3, -0.25) is 4.79 Å². The van der Waals surface area contributed by atoms with Gasteiger partial charge < -0.3 is 10.1 Å². The van der Waals surface area contributed by atoms with Gasteiger partial charge in [0.05, 0.1) is 17.3 Å². The van der Waals surface area contributed by atoms with E-state index in [2.05, 4.69) is 5.32 Å². The van der Waals surface area contributed by atoms with Crippen LogP contribution in [-0.4, -0.2) is 19.1 Å². The number of carbonyl (C=O) groups is 1. The number of hydrogen-bond donors (Lipinski definition) is 1. The molecule has 5 heteroatoms. The Kier molecular flexibility index (Phi) is 6.16. The zero-order chi connectivity index (χ0) is 12.7.